The maximum atomic E-state index is 12.6. The minimum atomic E-state index is -1.70. The molecule has 1 heterocycles. The number of aliphatic hydroxyl groups is 1. The molecule has 0 amide bonds. The molecular weight excluding hydrogens is 472 g/mol. The van der Waals surface area contributed by atoms with Crippen LogP contribution in [0, 0.1) is 23.7 Å². The van der Waals surface area contributed by atoms with E-state index in [0.29, 0.717) is 0 Å². The fraction of sp³-hybridized carbons (Fsp3) is 0.846. The number of carbonyl (C=O) groups is 4. The highest BCUT2D eigenvalue weighted by Crippen LogP contribution is 2.29. The van der Waals surface area contributed by atoms with E-state index < -0.39 is 54.6 Å². The molecular formula is C26H44O10. The van der Waals surface area contributed by atoms with E-state index in [1.165, 1.54) is 0 Å². The molecule has 36 heavy (non-hydrogen) atoms. The Kier molecular flexibility index (Phi) is 13.4. The highest BCUT2D eigenvalue weighted by molar-refractivity contribution is 5.72. The van der Waals surface area contributed by atoms with Crippen molar-refractivity contribution in [1.29, 1.82) is 0 Å². The summed E-state index contributed by atoms with van der Waals surface area (Å²) in [4.78, 5) is 49.8. The molecule has 1 aliphatic rings. The van der Waals surface area contributed by atoms with Gasteiger partial charge in [-0.2, -0.15) is 0 Å². The zero-order valence-electron chi connectivity index (χ0n) is 22.9. The van der Waals surface area contributed by atoms with Crippen LogP contribution in [0.4, 0.5) is 0 Å². The summed E-state index contributed by atoms with van der Waals surface area (Å²) < 4.78 is 27.7. The quantitative estimate of drug-likeness (QED) is 0.287. The van der Waals surface area contributed by atoms with Crippen LogP contribution in [0.3, 0.4) is 0 Å². The molecule has 10 nitrogen and oxygen atoms in total. The second-order valence-corrected chi connectivity index (χ2v) is 11.0. The average molecular weight is 517 g/mol. The molecule has 1 saturated heterocycles. The van der Waals surface area contributed by atoms with Gasteiger partial charge in [0.25, 0.3) is 0 Å². The van der Waals surface area contributed by atoms with Gasteiger partial charge in [-0.05, 0) is 23.7 Å². The van der Waals surface area contributed by atoms with Crippen molar-refractivity contribution < 1.29 is 48.0 Å². The Labute approximate surface area is 214 Å². The highest BCUT2D eigenvalue weighted by atomic mass is 16.7. The lowest BCUT2D eigenvalue weighted by Crippen LogP contribution is -2.62. The molecule has 0 aromatic rings. The van der Waals surface area contributed by atoms with Crippen LogP contribution in [-0.2, 0) is 42.9 Å². The second kappa shape index (κ2) is 15.1. The number of rotatable bonds is 13. The topological polar surface area (TPSA) is 135 Å². The normalized spacial score (nSPS) is 24.2. The summed E-state index contributed by atoms with van der Waals surface area (Å²) in [6.45, 7) is 14.4. The molecule has 0 radical (unpaired) electrons. The maximum Gasteiger partial charge on any atom is 0.306 e. The highest BCUT2D eigenvalue weighted by Gasteiger charge is 2.52. The lowest BCUT2D eigenvalue weighted by Gasteiger charge is -2.43. The summed E-state index contributed by atoms with van der Waals surface area (Å²) in [6.07, 6.45) is -6.58. The zero-order valence-corrected chi connectivity index (χ0v) is 22.9. The van der Waals surface area contributed by atoms with Crippen molar-refractivity contribution in [3.8, 4) is 0 Å². The summed E-state index contributed by atoms with van der Waals surface area (Å²) in [5, 5.41) is 10.7. The Morgan fingerprint density at radius 2 is 0.972 bits per heavy atom. The molecule has 0 aliphatic carbocycles. The molecule has 0 bridgehead atoms. The summed E-state index contributed by atoms with van der Waals surface area (Å²) in [5.41, 5.74) is 0. The van der Waals surface area contributed by atoms with Gasteiger partial charge in [0.1, 0.15) is 12.7 Å². The molecule has 5 atom stereocenters. The van der Waals surface area contributed by atoms with Gasteiger partial charge in [0, 0.05) is 25.7 Å². The predicted molar refractivity (Wildman–Crippen MR) is 129 cm³/mol. The molecule has 0 aromatic carbocycles. The standard InChI is InChI=1S/C26H44O10/c1-14(2)9-19(27)32-13-18-23(34-20(28)10-15(3)4)24(35-21(29)11-16(5)6)25(26(31)33-18)36-22(30)12-17(7)8/h14-18,23-26,31H,9-13H2,1-8H3/t18-,23-,24+,25-,26?/m1/s1. The van der Waals surface area contributed by atoms with Crippen LogP contribution in [0.5, 0.6) is 0 Å². The first-order valence-electron chi connectivity index (χ1n) is 12.8. The van der Waals surface area contributed by atoms with Crippen LogP contribution in [0.2, 0.25) is 0 Å². The van der Waals surface area contributed by atoms with E-state index in [9.17, 15) is 24.3 Å². The van der Waals surface area contributed by atoms with Crippen LogP contribution < -0.4 is 0 Å². The van der Waals surface area contributed by atoms with Gasteiger partial charge in [-0.25, -0.2) is 0 Å². The molecule has 1 fully saturated rings. The fourth-order valence-corrected chi connectivity index (χ4v) is 3.60. The van der Waals surface area contributed by atoms with Gasteiger partial charge in [-0.3, -0.25) is 19.2 Å². The fourth-order valence-electron chi connectivity index (χ4n) is 3.60. The van der Waals surface area contributed by atoms with Crippen molar-refractivity contribution in [2.24, 2.45) is 23.7 Å². The van der Waals surface area contributed by atoms with Crippen molar-refractivity contribution >= 4 is 23.9 Å². The van der Waals surface area contributed by atoms with E-state index in [-0.39, 0.29) is 56.0 Å². The van der Waals surface area contributed by atoms with Crippen molar-refractivity contribution in [3.05, 3.63) is 0 Å². The molecule has 0 aromatic heterocycles. The van der Waals surface area contributed by atoms with Gasteiger partial charge >= 0.3 is 23.9 Å². The first kappa shape index (κ1) is 31.8. The molecule has 1 unspecified atom stereocenters. The van der Waals surface area contributed by atoms with Crippen molar-refractivity contribution in [2.75, 3.05) is 6.61 Å². The van der Waals surface area contributed by atoms with Gasteiger partial charge in [0.05, 0.1) is 0 Å². The van der Waals surface area contributed by atoms with Crippen LogP contribution >= 0.6 is 0 Å². The molecule has 208 valence electrons. The van der Waals surface area contributed by atoms with Crippen molar-refractivity contribution in [3.63, 3.8) is 0 Å². The lowest BCUT2D eigenvalue weighted by atomic mass is 9.97. The SMILES string of the molecule is CC(C)CC(=O)OC[C@H]1OC(O)[C@H](OC(=O)CC(C)C)[C@@H](OC(=O)CC(C)C)[C@@H]1OC(=O)CC(C)C. The summed E-state index contributed by atoms with van der Waals surface area (Å²) in [5.74, 6) is -2.33. The van der Waals surface area contributed by atoms with Gasteiger partial charge in [-0.1, -0.05) is 55.4 Å². The largest absolute Gasteiger partial charge is 0.463 e. The van der Waals surface area contributed by atoms with E-state index in [4.69, 9.17) is 23.7 Å². The summed E-state index contributed by atoms with van der Waals surface area (Å²) in [6, 6.07) is 0. The van der Waals surface area contributed by atoms with Gasteiger partial charge in [0.15, 0.2) is 24.6 Å². The second-order valence-electron chi connectivity index (χ2n) is 11.0. The Hall–Kier alpha value is -2.20. The third kappa shape index (κ3) is 11.7. The zero-order chi connectivity index (χ0) is 27.6. The number of carbonyl (C=O) groups excluding carboxylic acids is 4. The predicted octanol–water partition coefficient (Wildman–Crippen LogP) is 3.17. The Morgan fingerprint density at radius 3 is 1.39 bits per heavy atom. The minimum Gasteiger partial charge on any atom is -0.463 e. The molecule has 1 rings (SSSR count). The Balaban J connectivity index is 3.28. The monoisotopic (exact) mass is 516 g/mol. The van der Waals surface area contributed by atoms with Crippen molar-refractivity contribution in [1.82, 2.24) is 0 Å². The van der Waals surface area contributed by atoms with E-state index >= 15 is 0 Å². The van der Waals surface area contributed by atoms with Gasteiger partial charge in [-0.15, -0.1) is 0 Å². The van der Waals surface area contributed by atoms with Crippen LogP contribution in [0.1, 0.15) is 81.1 Å². The number of ether oxygens (including phenoxy) is 5. The van der Waals surface area contributed by atoms with E-state index in [2.05, 4.69) is 0 Å². The third-order valence-electron chi connectivity index (χ3n) is 5.12. The lowest BCUT2D eigenvalue weighted by molar-refractivity contribution is -0.297. The smallest absolute Gasteiger partial charge is 0.306 e. The number of aliphatic hydroxyl groups excluding tert-OH is 1. The molecule has 10 heteroatoms. The van der Waals surface area contributed by atoms with Crippen molar-refractivity contribution in [2.45, 2.75) is 112 Å². The minimum absolute atomic E-state index is 0.0171. The Morgan fingerprint density at radius 1 is 0.611 bits per heavy atom. The van der Waals surface area contributed by atoms with Crippen LogP contribution in [0.25, 0.3) is 0 Å². The van der Waals surface area contributed by atoms with Crippen LogP contribution in [0.15, 0.2) is 0 Å². The van der Waals surface area contributed by atoms with Gasteiger partial charge in [0.2, 0.25) is 0 Å². The van der Waals surface area contributed by atoms with Gasteiger partial charge < -0.3 is 28.8 Å². The molecule has 1 N–H and O–H groups in total. The van der Waals surface area contributed by atoms with E-state index in [1.54, 1.807) is 0 Å². The number of esters is 4. The van der Waals surface area contributed by atoms with E-state index in [0.717, 1.165) is 0 Å². The molecule has 0 saturated carbocycles. The maximum absolute atomic E-state index is 12.6. The van der Waals surface area contributed by atoms with Crippen LogP contribution in [-0.4, -0.2) is 66.3 Å². The first-order valence-corrected chi connectivity index (χ1v) is 12.8. The Bertz CT molecular complexity index is 730. The molecule has 0 spiro atoms. The molecule has 1 aliphatic heterocycles. The number of hydrogen-bond acceptors (Lipinski definition) is 10. The summed E-state index contributed by atoms with van der Waals surface area (Å²) >= 11 is 0. The van der Waals surface area contributed by atoms with E-state index in [1.807, 2.05) is 55.4 Å². The average Bonchev–Trinajstić information content (AvgIpc) is 2.69. The number of hydrogen-bond donors (Lipinski definition) is 1. The first-order chi connectivity index (χ1) is 16.7. The summed E-state index contributed by atoms with van der Waals surface area (Å²) in [7, 11) is 0. The third-order valence-corrected chi connectivity index (χ3v) is 5.12.